The predicted octanol–water partition coefficient (Wildman–Crippen LogP) is 17.6. The first-order valence-corrected chi connectivity index (χ1v) is 30.3. The highest BCUT2D eigenvalue weighted by atomic mass is 32.1. The highest BCUT2D eigenvalue weighted by Crippen LogP contribution is 2.44. The van der Waals surface area contributed by atoms with E-state index in [1.807, 2.05) is 22.7 Å². The smallest absolute Gasteiger partial charge is 0.179 e. The average Bonchev–Trinajstić information content (AvgIpc) is 4.46. The Labute approximate surface area is 460 Å². The molecule has 6 heteroatoms. The average molecular weight is 1050 g/mol. The van der Waals surface area contributed by atoms with Crippen molar-refractivity contribution in [3.63, 3.8) is 0 Å². The van der Waals surface area contributed by atoms with Crippen LogP contribution in [0.4, 0.5) is 0 Å². The maximum Gasteiger partial charge on any atom is 0.179 e. The van der Waals surface area contributed by atoms with Gasteiger partial charge in [-0.25, -0.2) is 0 Å². The van der Waals surface area contributed by atoms with Crippen LogP contribution < -0.4 is 20.7 Å². The molecule has 0 unspecified atom stereocenters. The summed E-state index contributed by atoms with van der Waals surface area (Å²) >= 11 is 3.80. The molecular formula is C72H49N3S2Si. The quantitative estimate of drug-likeness (QED) is 0.127. The predicted molar refractivity (Wildman–Crippen MR) is 342 cm³/mol. The van der Waals surface area contributed by atoms with Gasteiger partial charge in [0.25, 0.3) is 0 Å². The first-order valence-electron chi connectivity index (χ1n) is 26.7. The Balaban J connectivity index is 0.000000215. The molecule has 0 radical (unpaired) electrons. The Morgan fingerprint density at radius 3 is 1.40 bits per heavy atom. The van der Waals surface area contributed by atoms with Gasteiger partial charge < -0.3 is 14.1 Å². The molecule has 12 aromatic carbocycles. The Kier molecular flexibility index (Phi) is 10.3. The summed E-state index contributed by atoms with van der Waals surface area (Å²) in [6.07, 6.45) is 0. The van der Waals surface area contributed by atoms with Crippen LogP contribution >= 0.6 is 22.7 Å². The van der Waals surface area contributed by atoms with Crippen LogP contribution in [0.2, 0.25) is 0 Å². The lowest BCUT2D eigenvalue weighted by molar-refractivity contribution is 1.18. The van der Waals surface area contributed by atoms with E-state index in [9.17, 15) is 0 Å². The minimum atomic E-state index is -2.86. The van der Waals surface area contributed by atoms with Gasteiger partial charge in [0.05, 0.1) is 22.1 Å². The Hall–Kier alpha value is -9.30. The number of rotatable bonds is 6. The number of hydrogen-bond donors (Lipinski definition) is 1. The number of thiophene rings is 2. The summed E-state index contributed by atoms with van der Waals surface area (Å²) in [6.45, 7) is 0. The highest BCUT2D eigenvalue weighted by Gasteiger charge is 2.42. The van der Waals surface area contributed by atoms with Crippen LogP contribution in [0.5, 0.6) is 0 Å². The van der Waals surface area contributed by atoms with Crippen molar-refractivity contribution in [1.82, 2.24) is 14.1 Å². The van der Waals surface area contributed by atoms with Crippen LogP contribution in [0.1, 0.15) is 1.43 Å². The second-order valence-electron chi connectivity index (χ2n) is 20.4. The van der Waals surface area contributed by atoms with Gasteiger partial charge in [-0.1, -0.05) is 206 Å². The third kappa shape index (κ3) is 6.74. The second-order valence-corrected chi connectivity index (χ2v) is 26.3. The van der Waals surface area contributed by atoms with Gasteiger partial charge in [0, 0.05) is 96.5 Å². The van der Waals surface area contributed by atoms with Crippen LogP contribution in [-0.4, -0.2) is 22.2 Å². The van der Waals surface area contributed by atoms with Gasteiger partial charge in [-0.15, -0.1) is 22.7 Å². The van der Waals surface area contributed by atoms with Gasteiger partial charge in [0.15, 0.2) is 8.07 Å². The van der Waals surface area contributed by atoms with E-state index in [4.69, 9.17) is 0 Å². The van der Waals surface area contributed by atoms with Crippen molar-refractivity contribution in [3.05, 3.63) is 279 Å². The van der Waals surface area contributed by atoms with Gasteiger partial charge in [-0.3, -0.25) is 0 Å². The second kappa shape index (κ2) is 17.9. The highest BCUT2D eigenvalue weighted by molar-refractivity contribution is 7.27. The standard InChI is InChI=1S/C54H36N2SSi.C18H11NS.H2/c1-4-16-37(17-5-1)55-48-25-13-10-22-43(48)47-36-42(32-34-50(47)55)58(39-18-6-2-7-19-39,40-20-8-3-9-21-40)41-30-28-38(29-31-41)56-49-26-14-11-24-46(49)53-51(56)35-33-45-44-23-12-15-27-52(44)57-54(45)53;1-3-7-14-13(6-1)17-15(19-14)10-9-12-11-5-2-4-8-16(11)20-18(12)17;/h1-36H;1-10,19H;1H. The van der Waals surface area contributed by atoms with Crippen LogP contribution in [0.15, 0.2) is 279 Å². The molecule has 17 aromatic rings. The maximum atomic E-state index is 3.52. The van der Waals surface area contributed by atoms with Crippen molar-refractivity contribution in [1.29, 1.82) is 0 Å². The molecule has 5 heterocycles. The van der Waals surface area contributed by atoms with Crippen LogP contribution in [-0.2, 0) is 0 Å². The van der Waals surface area contributed by atoms with Crippen molar-refractivity contribution in [2.24, 2.45) is 0 Å². The largest absolute Gasteiger partial charge is 0.354 e. The summed E-state index contributed by atoms with van der Waals surface area (Å²) in [5.41, 5.74) is 9.68. The van der Waals surface area contributed by atoms with Crippen molar-refractivity contribution in [2.75, 3.05) is 0 Å². The number of fused-ring (bicyclic) bond motifs is 17. The number of aromatic nitrogens is 3. The van der Waals surface area contributed by atoms with Crippen molar-refractivity contribution >= 4 is 157 Å². The molecule has 0 bridgehead atoms. The zero-order chi connectivity index (χ0) is 51.3. The molecule has 17 rings (SSSR count). The van der Waals surface area contributed by atoms with Crippen molar-refractivity contribution < 1.29 is 1.43 Å². The van der Waals surface area contributed by atoms with Gasteiger partial charge in [-0.05, 0) is 93.5 Å². The van der Waals surface area contributed by atoms with E-state index in [0.717, 1.165) is 0 Å². The lowest BCUT2D eigenvalue weighted by Crippen LogP contribution is -2.74. The van der Waals surface area contributed by atoms with E-state index in [1.165, 1.54) is 138 Å². The van der Waals surface area contributed by atoms with Crippen molar-refractivity contribution in [3.8, 4) is 11.4 Å². The fraction of sp³-hybridized carbons (Fsp3) is 0. The Morgan fingerprint density at radius 2 is 0.731 bits per heavy atom. The number of aromatic amines is 1. The topological polar surface area (TPSA) is 25.6 Å². The molecule has 368 valence electrons. The summed E-state index contributed by atoms with van der Waals surface area (Å²) in [5, 5.41) is 18.7. The van der Waals surface area contributed by atoms with Crippen molar-refractivity contribution in [2.45, 2.75) is 0 Å². The first kappa shape index (κ1) is 44.9. The first-order chi connectivity index (χ1) is 38.7. The number of para-hydroxylation sites is 4. The van der Waals surface area contributed by atoms with Crippen LogP contribution in [0, 0.1) is 0 Å². The molecule has 0 saturated carbocycles. The monoisotopic (exact) mass is 1050 g/mol. The molecule has 3 nitrogen and oxygen atoms in total. The van der Waals surface area contributed by atoms with E-state index >= 15 is 0 Å². The SMILES string of the molecule is [HH].c1ccc(-n2c3ccccc3c3cc([Si](c4ccccc4)(c4ccccc4)c4ccc(-n5c6ccccc6c6c7sc8ccccc8c7ccc65)cc4)ccc32)cc1.c1ccc2c(c1)[nH]c1ccc3c4ccccc4sc3c12. The lowest BCUT2D eigenvalue weighted by atomic mass is 10.1. The molecule has 0 spiro atoms. The number of hydrogen-bond acceptors (Lipinski definition) is 2. The Morgan fingerprint density at radius 1 is 0.282 bits per heavy atom. The summed E-state index contributed by atoms with van der Waals surface area (Å²) in [7, 11) is -2.86. The summed E-state index contributed by atoms with van der Waals surface area (Å²) in [5.74, 6) is 0. The third-order valence-electron chi connectivity index (χ3n) is 16.3. The summed E-state index contributed by atoms with van der Waals surface area (Å²) < 4.78 is 10.3. The number of H-pyrrole nitrogens is 1. The fourth-order valence-electron chi connectivity index (χ4n) is 12.9. The Bertz CT molecular complexity index is 5110. The van der Waals surface area contributed by atoms with Gasteiger partial charge >= 0.3 is 0 Å². The van der Waals surface area contributed by atoms with Gasteiger partial charge in [0.2, 0.25) is 0 Å². The van der Waals surface area contributed by atoms with E-state index < -0.39 is 8.07 Å². The van der Waals surface area contributed by atoms with E-state index in [2.05, 4.69) is 293 Å². The van der Waals surface area contributed by atoms with Gasteiger partial charge in [0.1, 0.15) is 0 Å². The molecule has 0 atom stereocenters. The summed E-state index contributed by atoms with van der Waals surface area (Å²) in [4.78, 5) is 3.52. The zero-order valence-corrected chi connectivity index (χ0v) is 44.9. The minimum absolute atomic E-state index is 0. The lowest BCUT2D eigenvalue weighted by Gasteiger charge is -2.34. The molecule has 1 N–H and O–H groups in total. The number of nitrogens with zero attached hydrogens (tertiary/aromatic N) is 2. The maximum absolute atomic E-state index is 3.52. The summed E-state index contributed by atoms with van der Waals surface area (Å²) in [6, 6.07) is 103. The fourth-order valence-corrected chi connectivity index (χ4v) is 20.2. The molecule has 0 amide bonds. The normalized spacial score (nSPS) is 12.1. The molecule has 0 aliphatic rings. The number of benzene rings is 12. The molecule has 5 aromatic heterocycles. The molecule has 0 saturated heterocycles. The van der Waals surface area contributed by atoms with Crippen LogP contribution in [0.3, 0.4) is 0 Å². The molecule has 0 fully saturated rings. The van der Waals surface area contributed by atoms with E-state index in [-0.39, 0.29) is 1.43 Å². The molecule has 78 heavy (non-hydrogen) atoms. The molecule has 0 aliphatic carbocycles. The third-order valence-corrected chi connectivity index (χ3v) is 23.5. The van der Waals surface area contributed by atoms with Gasteiger partial charge in [-0.2, -0.15) is 0 Å². The number of nitrogens with one attached hydrogen (secondary N) is 1. The van der Waals surface area contributed by atoms with E-state index in [0.29, 0.717) is 0 Å². The minimum Gasteiger partial charge on any atom is -0.354 e. The van der Waals surface area contributed by atoms with E-state index in [1.54, 1.807) is 0 Å². The molecular weight excluding hydrogens is 999 g/mol. The molecule has 0 aliphatic heterocycles. The zero-order valence-electron chi connectivity index (χ0n) is 42.3. The van der Waals surface area contributed by atoms with Crippen LogP contribution in [0.25, 0.3) is 117 Å².